The van der Waals surface area contributed by atoms with Crippen molar-refractivity contribution in [2.45, 2.75) is 12.7 Å². The normalized spacial score (nSPS) is 11.2. The van der Waals surface area contributed by atoms with Gasteiger partial charge in [0, 0.05) is 19.2 Å². The van der Waals surface area contributed by atoms with E-state index >= 15 is 0 Å². The number of anilines is 1. The number of aromatic nitrogens is 1. The molecule has 1 amide bonds. The minimum atomic E-state index is -4.65. The first-order chi connectivity index (χ1) is 13.6. The number of halogens is 3. The summed E-state index contributed by atoms with van der Waals surface area (Å²) in [5, 5.41) is 13.0. The first-order valence-corrected chi connectivity index (χ1v) is 8.09. The fourth-order valence-electron chi connectivity index (χ4n) is 2.26. The van der Waals surface area contributed by atoms with Crippen molar-refractivity contribution < 1.29 is 32.4 Å². The lowest BCUT2D eigenvalue weighted by Crippen LogP contribution is -2.27. The van der Waals surface area contributed by atoms with Crippen LogP contribution >= 0.6 is 0 Å². The molecular weight excluding hydrogens is 399 g/mol. The van der Waals surface area contributed by atoms with Gasteiger partial charge in [-0.1, -0.05) is 0 Å². The molecule has 0 saturated carbocycles. The summed E-state index contributed by atoms with van der Waals surface area (Å²) in [5.74, 6) is -0.904. The molecule has 0 spiro atoms. The Hall–Kier alpha value is -3.41. The van der Waals surface area contributed by atoms with Crippen molar-refractivity contribution in [3.05, 3.63) is 62.6 Å². The highest BCUT2D eigenvalue weighted by Crippen LogP contribution is 2.35. The summed E-state index contributed by atoms with van der Waals surface area (Å²) in [6.07, 6.45) is -3.79. The summed E-state index contributed by atoms with van der Waals surface area (Å²) in [5.41, 5.74) is -2.38. The molecule has 0 radical (unpaired) electrons. The lowest BCUT2D eigenvalue weighted by Gasteiger charge is -2.15. The Morgan fingerprint density at radius 1 is 1.24 bits per heavy atom. The van der Waals surface area contributed by atoms with Crippen LogP contribution in [0.2, 0.25) is 0 Å². The van der Waals surface area contributed by atoms with Crippen LogP contribution in [0.4, 0.5) is 24.5 Å². The van der Waals surface area contributed by atoms with Crippen molar-refractivity contribution in [2.75, 3.05) is 25.6 Å². The monoisotopic (exact) mass is 415 g/mol. The zero-order valence-corrected chi connectivity index (χ0v) is 15.1. The fourth-order valence-corrected chi connectivity index (χ4v) is 2.26. The number of amides is 1. The van der Waals surface area contributed by atoms with Gasteiger partial charge in [-0.3, -0.25) is 24.3 Å². The maximum Gasteiger partial charge on any atom is 0.416 e. The van der Waals surface area contributed by atoms with E-state index < -0.39 is 40.4 Å². The number of carbonyl (C=O) groups excluding carboxylic acids is 1. The Kier molecular flexibility index (Phi) is 6.93. The number of pyridine rings is 1. The summed E-state index contributed by atoms with van der Waals surface area (Å²) < 4.78 is 49.8. The van der Waals surface area contributed by atoms with Crippen LogP contribution in [-0.4, -0.2) is 35.7 Å². The van der Waals surface area contributed by atoms with Gasteiger partial charge in [0.05, 0.1) is 29.0 Å². The molecule has 1 N–H and O–H groups in total. The van der Waals surface area contributed by atoms with Gasteiger partial charge in [0.1, 0.15) is 18.9 Å². The van der Waals surface area contributed by atoms with Crippen molar-refractivity contribution in [1.82, 2.24) is 4.57 Å². The number of alkyl halides is 3. The van der Waals surface area contributed by atoms with E-state index in [1.54, 1.807) is 0 Å². The molecule has 1 aromatic carbocycles. The summed E-state index contributed by atoms with van der Waals surface area (Å²) in [6.45, 7) is -0.458. The summed E-state index contributed by atoms with van der Waals surface area (Å²) in [6, 6.07) is 4.42. The van der Waals surface area contributed by atoms with Crippen molar-refractivity contribution in [3.8, 4) is 5.75 Å². The third kappa shape index (κ3) is 6.04. The Balaban J connectivity index is 2.26. The largest absolute Gasteiger partial charge is 0.489 e. The predicted molar refractivity (Wildman–Crippen MR) is 94.8 cm³/mol. The molecule has 1 heterocycles. The molecular formula is C17H16F3N3O6. The van der Waals surface area contributed by atoms with E-state index in [1.807, 2.05) is 0 Å². The number of ether oxygens (including phenoxy) is 2. The maximum absolute atomic E-state index is 13.0. The molecule has 0 fully saturated rings. The SMILES string of the molecule is COCCOc1ccc(C(F)(F)F)cc1NC(=O)Cn1cc([N+](=O)[O-])ccc1=O. The molecule has 0 bridgehead atoms. The lowest BCUT2D eigenvalue weighted by atomic mass is 10.1. The molecule has 12 heteroatoms. The van der Waals surface area contributed by atoms with Gasteiger partial charge in [-0.15, -0.1) is 0 Å². The number of carbonyl (C=O) groups is 1. The van der Waals surface area contributed by atoms with Crippen LogP contribution in [0.5, 0.6) is 5.75 Å². The Bertz CT molecular complexity index is 958. The molecule has 0 atom stereocenters. The molecule has 0 aliphatic heterocycles. The van der Waals surface area contributed by atoms with Crippen LogP contribution in [0.1, 0.15) is 5.56 Å². The summed E-state index contributed by atoms with van der Waals surface area (Å²) in [7, 11) is 1.41. The molecule has 0 unspecified atom stereocenters. The van der Waals surface area contributed by atoms with E-state index in [2.05, 4.69) is 5.32 Å². The number of nitrogens with one attached hydrogen (secondary N) is 1. The van der Waals surface area contributed by atoms with Crippen molar-refractivity contribution in [2.24, 2.45) is 0 Å². The molecule has 29 heavy (non-hydrogen) atoms. The second-order valence-electron chi connectivity index (χ2n) is 5.71. The van der Waals surface area contributed by atoms with E-state index in [1.165, 1.54) is 7.11 Å². The van der Waals surface area contributed by atoms with Crippen LogP contribution in [0.25, 0.3) is 0 Å². The van der Waals surface area contributed by atoms with Crippen LogP contribution in [-0.2, 0) is 22.3 Å². The standard InChI is InChI=1S/C17H16F3N3O6/c1-28-6-7-29-14-4-2-11(17(18,19)20)8-13(14)21-15(24)10-22-9-12(23(26)27)3-5-16(22)25/h2-5,8-9H,6-7,10H2,1H3,(H,21,24). The quantitative estimate of drug-likeness (QED) is 0.403. The van der Waals surface area contributed by atoms with Crippen LogP contribution in [0, 0.1) is 10.1 Å². The average molecular weight is 415 g/mol. The van der Waals surface area contributed by atoms with Crippen LogP contribution in [0.15, 0.2) is 41.3 Å². The van der Waals surface area contributed by atoms with Gasteiger partial charge >= 0.3 is 6.18 Å². The average Bonchev–Trinajstić information content (AvgIpc) is 2.63. The van der Waals surface area contributed by atoms with E-state index in [-0.39, 0.29) is 24.7 Å². The third-order valence-corrected chi connectivity index (χ3v) is 3.62. The van der Waals surface area contributed by atoms with Crippen molar-refractivity contribution in [3.63, 3.8) is 0 Å². The minimum absolute atomic E-state index is 0.0229. The van der Waals surface area contributed by atoms with E-state index in [0.717, 1.165) is 35.0 Å². The topological polar surface area (TPSA) is 113 Å². The van der Waals surface area contributed by atoms with Gasteiger partial charge in [0.15, 0.2) is 0 Å². The minimum Gasteiger partial charge on any atom is -0.489 e. The fraction of sp³-hybridized carbons (Fsp3) is 0.294. The maximum atomic E-state index is 13.0. The smallest absolute Gasteiger partial charge is 0.416 e. The van der Waals surface area contributed by atoms with Gasteiger partial charge in [0.2, 0.25) is 5.91 Å². The van der Waals surface area contributed by atoms with E-state index in [4.69, 9.17) is 9.47 Å². The highest BCUT2D eigenvalue weighted by molar-refractivity contribution is 5.92. The Labute approximate surface area is 161 Å². The highest BCUT2D eigenvalue weighted by Gasteiger charge is 2.31. The van der Waals surface area contributed by atoms with Crippen molar-refractivity contribution in [1.29, 1.82) is 0 Å². The molecule has 1 aromatic heterocycles. The molecule has 2 aromatic rings. The second-order valence-corrected chi connectivity index (χ2v) is 5.71. The highest BCUT2D eigenvalue weighted by atomic mass is 19.4. The number of nitrogens with zero attached hydrogens (tertiary/aromatic N) is 2. The van der Waals surface area contributed by atoms with Gasteiger partial charge in [-0.25, -0.2) is 0 Å². The Morgan fingerprint density at radius 3 is 2.59 bits per heavy atom. The molecule has 156 valence electrons. The summed E-state index contributed by atoms with van der Waals surface area (Å²) in [4.78, 5) is 34.1. The van der Waals surface area contributed by atoms with E-state index in [9.17, 15) is 32.9 Å². The number of methoxy groups -OCH3 is 1. The molecule has 0 aliphatic rings. The predicted octanol–water partition coefficient (Wildman–Crippen LogP) is 2.44. The number of benzene rings is 1. The van der Waals surface area contributed by atoms with Gasteiger partial charge in [-0.2, -0.15) is 13.2 Å². The number of rotatable bonds is 8. The summed E-state index contributed by atoms with van der Waals surface area (Å²) >= 11 is 0. The number of hydrogen-bond donors (Lipinski definition) is 1. The second kappa shape index (κ2) is 9.19. The van der Waals surface area contributed by atoms with Gasteiger partial charge in [0.25, 0.3) is 11.2 Å². The van der Waals surface area contributed by atoms with E-state index in [0.29, 0.717) is 6.07 Å². The van der Waals surface area contributed by atoms with Crippen LogP contribution < -0.4 is 15.6 Å². The lowest BCUT2D eigenvalue weighted by molar-refractivity contribution is -0.385. The van der Waals surface area contributed by atoms with Gasteiger partial charge in [-0.05, 0) is 18.2 Å². The number of hydrogen-bond acceptors (Lipinski definition) is 6. The zero-order chi connectivity index (χ0) is 21.6. The first kappa shape index (κ1) is 21.9. The third-order valence-electron chi connectivity index (χ3n) is 3.62. The van der Waals surface area contributed by atoms with Crippen molar-refractivity contribution >= 4 is 17.3 Å². The molecule has 9 nitrogen and oxygen atoms in total. The zero-order valence-electron chi connectivity index (χ0n) is 15.1. The Morgan fingerprint density at radius 2 is 1.97 bits per heavy atom. The van der Waals surface area contributed by atoms with Gasteiger partial charge < -0.3 is 14.8 Å². The number of nitro groups is 1. The van der Waals surface area contributed by atoms with Crippen LogP contribution in [0.3, 0.4) is 0 Å². The molecule has 2 rings (SSSR count). The first-order valence-electron chi connectivity index (χ1n) is 8.09. The molecule has 0 saturated heterocycles. The molecule has 0 aliphatic carbocycles.